The number of amides is 3. The van der Waals surface area contributed by atoms with Gasteiger partial charge in [0.15, 0.2) is 0 Å². The Morgan fingerprint density at radius 3 is 2.24 bits per heavy atom. The molecule has 3 amide bonds. The third-order valence-corrected chi connectivity index (χ3v) is 8.21. The third kappa shape index (κ3) is 10.4. The summed E-state index contributed by atoms with van der Waals surface area (Å²) in [4.78, 5) is 43.6. The Balaban J connectivity index is 2.11. The van der Waals surface area contributed by atoms with Crippen molar-refractivity contribution in [1.82, 2.24) is 10.2 Å². The number of ether oxygens (including phenoxy) is 1. The van der Waals surface area contributed by atoms with Crippen LogP contribution in [0.3, 0.4) is 0 Å². The fourth-order valence-corrected chi connectivity index (χ4v) is 5.67. The van der Waals surface area contributed by atoms with Crippen LogP contribution in [0.1, 0.15) is 78.0 Å². The molecule has 0 saturated heterocycles. The average Bonchev–Trinajstić information content (AvgIpc) is 2.96. The van der Waals surface area contributed by atoms with E-state index in [1.54, 1.807) is 62.6 Å². The molecule has 45 heavy (non-hydrogen) atoms. The zero-order valence-corrected chi connectivity index (χ0v) is 28.7. The summed E-state index contributed by atoms with van der Waals surface area (Å²) in [6.45, 7) is 13.3. The summed E-state index contributed by atoms with van der Waals surface area (Å²) >= 11 is 1.57. The molecule has 0 aromatic heterocycles. The van der Waals surface area contributed by atoms with Crippen LogP contribution in [-0.4, -0.2) is 57.6 Å². The number of benzene rings is 3. The van der Waals surface area contributed by atoms with Crippen LogP contribution in [-0.2, 0) is 14.3 Å². The maximum absolute atomic E-state index is 14.7. The molecule has 0 spiro atoms. The molecular weight excluding hydrogens is 586 g/mol. The van der Waals surface area contributed by atoms with Crippen molar-refractivity contribution in [3.05, 3.63) is 71.8 Å². The van der Waals surface area contributed by atoms with Gasteiger partial charge < -0.3 is 25.4 Å². The normalized spacial score (nSPS) is 13.6. The zero-order valence-electron chi connectivity index (χ0n) is 27.8. The number of hydrogen-bond donors (Lipinski definition) is 3. The van der Waals surface area contributed by atoms with Crippen LogP contribution in [0.15, 0.2) is 60.7 Å². The van der Waals surface area contributed by atoms with Gasteiger partial charge >= 0.3 is 6.09 Å². The number of anilines is 1. The third-order valence-electron chi connectivity index (χ3n) is 7.57. The van der Waals surface area contributed by atoms with E-state index >= 15 is 0 Å². The van der Waals surface area contributed by atoms with Crippen LogP contribution >= 0.6 is 11.8 Å². The first-order valence-electron chi connectivity index (χ1n) is 15.6. The number of fused-ring (bicyclic) bond motifs is 1. The minimum Gasteiger partial charge on any atom is -0.508 e. The Labute approximate surface area is 272 Å². The number of alkyl carbamates (subject to hydrolysis) is 1. The maximum Gasteiger partial charge on any atom is 0.408 e. The van der Waals surface area contributed by atoms with Gasteiger partial charge in [-0.2, -0.15) is 11.8 Å². The zero-order chi connectivity index (χ0) is 33.3. The number of nitrogens with zero attached hydrogens (tertiary/aromatic N) is 1. The lowest BCUT2D eigenvalue weighted by molar-refractivity contribution is -0.143. The van der Waals surface area contributed by atoms with Crippen molar-refractivity contribution >= 4 is 46.1 Å². The van der Waals surface area contributed by atoms with Gasteiger partial charge in [-0.05, 0) is 118 Å². The SMILES string of the molecule is CSCCC(NC(=O)OC(C)(C)C)C(=O)N(C(C)CCC(C)C)C(C(=O)Nc1ccc2ccccc2c1)c1ccc(O)c(C)c1. The predicted molar refractivity (Wildman–Crippen MR) is 185 cm³/mol. The van der Waals surface area contributed by atoms with Gasteiger partial charge in [-0.15, -0.1) is 0 Å². The van der Waals surface area contributed by atoms with Crippen molar-refractivity contribution in [3.63, 3.8) is 0 Å². The second kappa shape index (κ2) is 16.0. The molecule has 3 rings (SSSR count). The largest absolute Gasteiger partial charge is 0.508 e. The summed E-state index contributed by atoms with van der Waals surface area (Å²) < 4.78 is 5.52. The summed E-state index contributed by atoms with van der Waals surface area (Å²) in [5, 5.41) is 18.2. The number of thioether (sulfide) groups is 1. The molecule has 244 valence electrons. The van der Waals surface area contributed by atoms with E-state index in [9.17, 15) is 19.5 Å². The lowest BCUT2D eigenvalue weighted by Crippen LogP contribution is -2.55. The molecule has 3 N–H and O–H groups in total. The number of hydrogen-bond acceptors (Lipinski definition) is 6. The van der Waals surface area contributed by atoms with E-state index in [0.717, 1.165) is 17.2 Å². The van der Waals surface area contributed by atoms with E-state index in [1.165, 1.54) is 0 Å². The average molecular weight is 636 g/mol. The fourth-order valence-electron chi connectivity index (χ4n) is 5.20. The highest BCUT2D eigenvalue weighted by Gasteiger charge is 2.39. The highest BCUT2D eigenvalue weighted by molar-refractivity contribution is 7.98. The summed E-state index contributed by atoms with van der Waals surface area (Å²) in [5.74, 6) is 0.351. The first-order chi connectivity index (χ1) is 21.2. The summed E-state index contributed by atoms with van der Waals surface area (Å²) in [7, 11) is 0. The van der Waals surface area contributed by atoms with Crippen LogP contribution in [0.2, 0.25) is 0 Å². The van der Waals surface area contributed by atoms with Crippen LogP contribution in [0.4, 0.5) is 10.5 Å². The molecule has 3 unspecified atom stereocenters. The van der Waals surface area contributed by atoms with E-state index in [4.69, 9.17) is 4.74 Å². The topological polar surface area (TPSA) is 108 Å². The number of aromatic hydroxyl groups is 1. The van der Waals surface area contributed by atoms with Crippen LogP contribution in [0.5, 0.6) is 5.75 Å². The number of aryl methyl sites for hydroxylation is 1. The van der Waals surface area contributed by atoms with Gasteiger partial charge in [0.25, 0.3) is 5.91 Å². The Morgan fingerprint density at radius 2 is 1.62 bits per heavy atom. The van der Waals surface area contributed by atoms with Gasteiger partial charge in [0.2, 0.25) is 5.91 Å². The quantitative estimate of drug-likeness (QED) is 0.177. The number of phenols is 1. The molecular formula is C36H49N3O5S. The van der Waals surface area contributed by atoms with Crippen LogP contribution in [0.25, 0.3) is 10.8 Å². The fraction of sp³-hybridized carbons (Fsp3) is 0.472. The second-order valence-corrected chi connectivity index (χ2v) is 14.0. The van der Waals surface area contributed by atoms with E-state index in [-0.39, 0.29) is 23.6 Å². The molecule has 0 aliphatic carbocycles. The predicted octanol–water partition coefficient (Wildman–Crippen LogP) is 7.83. The van der Waals surface area contributed by atoms with Crippen molar-refractivity contribution in [3.8, 4) is 5.75 Å². The Hall–Kier alpha value is -3.72. The van der Waals surface area contributed by atoms with Crippen molar-refractivity contribution in [2.45, 2.75) is 91.5 Å². The number of phenolic OH excluding ortho intramolecular Hbond substituents is 1. The molecule has 3 aromatic carbocycles. The minimum absolute atomic E-state index is 0.0996. The van der Waals surface area contributed by atoms with Crippen molar-refractivity contribution in [1.29, 1.82) is 0 Å². The van der Waals surface area contributed by atoms with Gasteiger partial charge in [0.05, 0.1) is 0 Å². The molecule has 9 heteroatoms. The minimum atomic E-state index is -1.04. The number of rotatable bonds is 13. The standard InChI is InChI=1S/C36H49N3O5S/c1-23(2)13-14-25(4)39(34(42)30(19-20-45-8)38-35(43)44-36(5,6)7)32(28-16-18-31(40)24(3)21-28)33(41)37-29-17-15-26-11-9-10-12-27(26)22-29/h9-12,15-18,21-23,25,30,32,40H,13-14,19-20H2,1-8H3,(H,37,41)(H,38,43). The Kier molecular flexibility index (Phi) is 12.7. The highest BCUT2D eigenvalue weighted by atomic mass is 32.2. The van der Waals surface area contributed by atoms with E-state index < -0.39 is 23.8 Å². The van der Waals surface area contributed by atoms with E-state index in [0.29, 0.717) is 41.3 Å². The molecule has 0 heterocycles. The number of nitrogens with one attached hydrogen (secondary N) is 2. The summed E-state index contributed by atoms with van der Waals surface area (Å²) in [6, 6.07) is 16.3. The first kappa shape index (κ1) is 35.8. The van der Waals surface area contributed by atoms with Gasteiger partial charge in [0, 0.05) is 11.7 Å². The van der Waals surface area contributed by atoms with Gasteiger partial charge in [-0.25, -0.2) is 4.79 Å². The molecule has 0 radical (unpaired) electrons. The Morgan fingerprint density at radius 1 is 0.933 bits per heavy atom. The summed E-state index contributed by atoms with van der Waals surface area (Å²) in [5.41, 5.74) is 1.01. The molecule has 8 nitrogen and oxygen atoms in total. The van der Waals surface area contributed by atoms with Crippen LogP contribution in [0, 0.1) is 12.8 Å². The van der Waals surface area contributed by atoms with E-state index in [2.05, 4.69) is 24.5 Å². The lowest BCUT2D eigenvalue weighted by Gasteiger charge is -2.39. The van der Waals surface area contributed by atoms with Crippen molar-refractivity contribution < 1.29 is 24.2 Å². The monoisotopic (exact) mass is 635 g/mol. The second-order valence-electron chi connectivity index (χ2n) is 13.0. The number of carbonyl (C=O) groups is 3. The van der Waals surface area contributed by atoms with Crippen molar-refractivity contribution in [2.24, 2.45) is 5.92 Å². The van der Waals surface area contributed by atoms with Crippen molar-refractivity contribution in [2.75, 3.05) is 17.3 Å². The van der Waals surface area contributed by atoms with Gasteiger partial charge in [-0.1, -0.05) is 50.2 Å². The molecule has 0 fully saturated rings. The van der Waals surface area contributed by atoms with Gasteiger partial charge in [-0.3, -0.25) is 9.59 Å². The smallest absolute Gasteiger partial charge is 0.408 e. The molecule has 0 aliphatic heterocycles. The molecule has 0 saturated carbocycles. The molecule has 0 aliphatic rings. The molecule has 3 aromatic rings. The summed E-state index contributed by atoms with van der Waals surface area (Å²) in [6.07, 6.45) is 3.11. The lowest BCUT2D eigenvalue weighted by atomic mass is 9.95. The first-order valence-corrected chi connectivity index (χ1v) is 17.0. The maximum atomic E-state index is 14.7. The number of carbonyl (C=O) groups excluding carboxylic acids is 3. The molecule has 3 atom stereocenters. The highest BCUT2D eigenvalue weighted by Crippen LogP contribution is 2.32. The van der Waals surface area contributed by atoms with E-state index in [1.807, 2.05) is 55.6 Å². The Bertz CT molecular complexity index is 1470. The van der Waals surface area contributed by atoms with Crippen LogP contribution < -0.4 is 10.6 Å². The van der Waals surface area contributed by atoms with Gasteiger partial charge in [0.1, 0.15) is 23.4 Å². The molecule has 0 bridgehead atoms.